The summed E-state index contributed by atoms with van der Waals surface area (Å²) in [6.07, 6.45) is -0.0787. The van der Waals surface area contributed by atoms with E-state index in [-0.39, 0.29) is 24.4 Å². The number of aliphatic carboxylic acids is 1. The van der Waals surface area contributed by atoms with Crippen LogP contribution in [0.25, 0.3) is 0 Å². The number of carboxylic acid groups (broad SMARTS) is 1. The number of carboxylic acids is 1. The highest BCUT2D eigenvalue weighted by molar-refractivity contribution is 7.09. The van der Waals surface area contributed by atoms with E-state index >= 15 is 0 Å². The average molecular weight is 285 g/mol. The molecule has 0 spiro atoms. The van der Waals surface area contributed by atoms with Crippen molar-refractivity contribution in [2.75, 3.05) is 0 Å². The second-order valence-electron chi connectivity index (χ2n) is 4.64. The quantitative estimate of drug-likeness (QED) is 0.742. The van der Waals surface area contributed by atoms with Crippen molar-refractivity contribution in [2.24, 2.45) is 5.92 Å². The third-order valence-corrected chi connectivity index (χ3v) is 3.71. The van der Waals surface area contributed by atoms with Crippen LogP contribution in [0.5, 0.6) is 0 Å². The fourth-order valence-corrected chi connectivity index (χ4v) is 2.23. The summed E-state index contributed by atoms with van der Waals surface area (Å²) in [5.74, 6) is -0.857. The van der Waals surface area contributed by atoms with Crippen molar-refractivity contribution in [1.82, 2.24) is 15.6 Å². The molecule has 0 saturated heterocycles. The number of hydrogen-bond acceptors (Lipinski definition) is 4. The zero-order valence-corrected chi connectivity index (χ0v) is 12.1. The van der Waals surface area contributed by atoms with Gasteiger partial charge in [-0.15, -0.1) is 11.3 Å². The molecule has 0 aliphatic carbocycles. The Hall–Kier alpha value is -1.63. The van der Waals surface area contributed by atoms with Crippen molar-refractivity contribution in [3.05, 3.63) is 16.1 Å². The van der Waals surface area contributed by atoms with Crippen molar-refractivity contribution < 1.29 is 14.7 Å². The summed E-state index contributed by atoms with van der Waals surface area (Å²) < 4.78 is 0. The number of carbonyl (C=O) groups is 2. The summed E-state index contributed by atoms with van der Waals surface area (Å²) in [4.78, 5) is 27.5. The second kappa shape index (κ2) is 7.08. The summed E-state index contributed by atoms with van der Waals surface area (Å²) >= 11 is 1.48. The molecule has 0 aliphatic rings. The van der Waals surface area contributed by atoms with Crippen LogP contribution >= 0.6 is 11.3 Å². The summed E-state index contributed by atoms with van der Waals surface area (Å²) in [6, 6.07) is -0.729. The van der Waals surface area contributed by atoms with Crippen molar-refractivity contribution in [1.29, 1.82) is 0 Å². The Kier molecular flexibility index (Phi) is 5.75. The molecule has 0 fully saturated rings. The molecule has 1 rings (SSSR count). The third kappa shape index (κ3) is 5.25. The first-order valence-corrected chi connectivity index (χ1v) is 6.93. The maximum absolute atomic E-state index is 11.7. The predicted molar refractivity (Wildman–Crippen MR) is 73.1 cm³/mol. The molecule has 3 N–H and O–H groups in total. The number of aromatic nitrogens is 1. The highest BCUT2D eigenvalue weighted by Gasteiger charge is 2.19. The molecule has 106 valence electrons. The van der Waals surface area contributed by atoms with E-state index in [0.29, 0.717) is 6.54 Å². The zero-order chi connectivity index (χ0) is 14.4. The first-order chi connectivity index (χ1) is 8.90. The lowest BCUT2D eigenvalue weighted by molar-refractivity contribution is -0.137. The molecule has 2 amide bonds. The Morgan fingerprint density at radius 2 is 2.16 bits per heavy atom. The average Bonchev–Trinajstić information content (AvgIpc) is 2.70. The highest BCUT2D eigenvalue weighted by atomic mass is 32.1. The van der Waals surface area contributed by atoms with Gasteiger partial charge in [-0.1, -0.05) is 13.8 Å². The fraction of sp³-hybridized carbons (Fsp3) is 0.583. The number of nitrogens with one attached hydrogen (secondary N) is 2. The Bertz CT molecular complexity index is 445. The van der Waals surface area contributed by atoms with E-state index in [1.807, 2.05) is 20.8 Å². The Balaban J connectivity index is 2.44. The molecule has 1 aromatic rings. The molecule has 0 aliphatic heterocycles. The lowest BCUT2D eigenvalue weighted by Gasteiger charge is -2.20. The zero-order valence-electron chi connectivity index (χ0n) is 11.3. The standard InChI is InChI=1S/C12H19N3O3S/c1-7(2)9(4-11(16)17)15-12(18)13-5-10-8(3)14-6-19-10/h6-7,9H,4-5H2,1-3H3,(H,16,17)(H2,13,15,18). The monoisotopic (exact) mass is 285 g/mol. The maximum atomic E-state index is 11.7. The van der Waals surface area contributed by atoms with Crippen molar-refractivity contribution in [2.45, 2.75) is 39.8 Å². The van der Waals surface area contributed by atoms with Crippen LogP contribution in [-0.4, -0.2) is 28.1 Å². The Morgan fingerprint density at radius 3 is 2.63 bits per heavy atom. The van der Waals surface area contributed by atoms with Crippen LogP contribution in [0.15, 0.2) is 5.51 Å². The van der Waals surface area contributed by atoms with E-state index in [4.69, 9.17) is 5.11 Å². The lowest BCUT2D eigenvalue weighted by Crippen LogP contribution is -2.45. The number of carbonyl (C=O) groups excluding carboxylic acids is 1. The molecule has 0 radical (unpaired) electrons. The maximum Gasteiger partial charge on any atom is 0.315 e. The van der Waals surface area contributed by atoms with Gasteiger partial charge in [0.15, 0.2) is 0 Å². The molecule has 1 unspecified atom stereocenters. The molecule has 0 bridgehead atoms. The van der Waals surface area contributed by atoms with E-state index < -0.39 is 5.97 Å². The molecule has 7 heteroatoms. The molecule has 1 atom stereocenters. The number of nitrogens with zero attached hydrogens (tertiary/aromatic N) is 1. The number of rotatable bonds is 6. The van der Waals surface area contributed by atoms with Gasteiger partial charge in [-0.05, 0) is 12.8 Å². The van der Waals surface area contributed by atoms with Crippen LogP contribution < -0.4 is 10.6 Å². The Labute approximate surface area is 116 Å². The number of amides is 2. The summed E-state index contributed by atoms with van der Waals surface area (Å²) in [7, 11) is 0. The highest BCUT2D eigenvalue weighted by Crippen LogP contribution is 2.11. The van der Waals surface area contributed by atoms with Crippen LogP contribution in [-0.2, 0) is 11.3 Å². The van der Waals surface area contributed by atoms with Crippen LogP contribution in [0.1, 0.15) is 30.8 Å². The minimum Gasteiger partial charge on any atom is -0.481 e. The lowest BCUT2D eigenvalue weighted by atomic mass is 10.0. The van der Waals surface area contributed by atoms with Gasteiger partial charge < -0.3 is 15.7 Å². The van der Waals surface area contributed by atoms with Gasteiger partial charge in [0.1, 0.15) is 0 Å². The first kappa shape index (κ1) is 15.4. The van der Waals surface area contributed by atoms with Gasteiger partial charge in [0.05, 0.1) is 24.2 Å². The normalized spacial score (nSPS) is 12.2. The summed E-state index contributed by atoms with van der Waals surface area (Å²) in [5.41, 5.74) is 2.63. The molecular formula is C12H19N3O3S. The molecular weight excluding hydrogens is 266 g/mol. The minimum absolute atomic E-state index is 0.0620. The molecule has 0 saturated carbocycles. The van der Waals surface area contributed by atoms with Gasteiger partial charge >= 0.3 is 12.0 Å². The van der Waals surface area contributed by atoms with E-state index in [1.54, 1.807) is 5.51 Å². The van der Waals surface area contributed by atoms with Crippen molar-refractivity contribution in [3.63, 3.8) is 0 Å². The van der Waals surface area contributed by atoms with Gasteiger partial charge in [0, 0.05) is 10.9 Å². The minimum atomic E-state index is -0.919. The molecule has 0 aromatic carbocycles. The van der Waals surface area contributed by atoms with Crippen molar-refractivity contribution in [3.8, 4) is 0 Å². The van der Waals surface area contributed by atoms with Gasteiger partial charge in [-0.3, -0.25) is 4.79 Å². The molecule has 19 heavy (non-hydrogen) atoms. The van der Waals surface area contributed by atoms with Crippen LogP contribution in [0.4, 0.5) is 4.79 Å². The molecule has 1 heterocycles. The largest absolute Gasteiger partial charge is 0.481 e. The van der Waals surface area contributed by atoms with Gasteiger partial charge in [-0.25, -0.2) is 9.78 Å². The summed E-state index contributed by atoms with van der Waals surface area (Å²) in [6.45, 7) is 6.04. The topological polar surface area (TPSA) is 91.3 Å². The number of thiazole rings is 1. The van der Waals surface area contributed by atoms with Crippen LogP contribution in [0.2, 0.25) is 0 Å². The second-order valence-corrected chi connectivity index (χ2v) is 5.58. The van der Waals surface area contributed by atoms with Crippen LogP contribution in [0, 0.1) is 12.8 Å². The molecule has 1 aromatic heterocycles. The predicted octanol–water partition coefficient (Wildman–Crippen LogP) is 1.75. The van der Waals surface area contributed by atoms with Crippen molar-refractivity contribution >= 4 is 23.3 Å². The smallest absolute Gasteiger partial charge is 0.315 e. The third-order valence-electron chi connectivity index (χ3n) is 2.77. The first-order valence-electron chi connectivity index (χ1n) is 6.05. The van der Waals surface area contributed by atoms with E-state index in [9.17, 15) is 9.59 Å². The number of hydrogen-bond donors (Lipinski definition) is 3. The van der Waals surface area contributed by atoms with Gasteiger partial charge in [-0.2, -0.15) is 0 Å². The van der Waals surface area contributed by atoms with Gasteiger partial charge in [0.25, 0.3) is 0 Å². The SMILES string of the molecule is Cc1ncsc1CNC(=O)NC(CC(=O)O)C(C)C. The number of aryl methyl sites for hydroxylation is 1. The molecule has 6 nitrogen and oxygen atoms in total. The Morgan fingerprint density at radius 1 is 1.47 bits per heavy atom. The fourth-order valence-electron chi connectivity index (χ4n) is 1.52. The van der Waals surface area contributed by atoms with E-state index in [1.165, 1.54) is 11.3 Å². The van der Waals surface area contributed by atoms with Gasteiger partial charge in [0.2, 0.25) is 0 Å². The van der Waals surface area contributed by atoms with E-state index in [2.05, 4.69) is 15.6 Å². The van der Waals surface area contributed by atoms with Crippen LogP contribution in [0.3, 0.4) is 0 Å². The van der Waals surface area contributed by atoms with E-state index in [0.717, 1.165) is 10.6 Å². The summed E-state index contributed by atoms with van der Waals surface area (Å²) in [5, 5.41) is 14.2. The number of urea groups is 1.